The van der Waals surface area contributed by atoms with Crippen LogP contribution in [0, 0.1) is 13.8 Å². The second kappa shape index (κ2) is 45.6. The van der Waals surface area contributed by atoms with E-state index >= 15 is 0 Å². The molecular formula is C81H113N23O17. The summed E-state index contributed by atoms with van der Waals surface area (Å²) in [7, 11) is 13.5. The molecule has 9 aromatic rings. The molecule has 1 aromatic carbocycles. The smallest absolute Gasteiger partial charge is 0.291 e. The number of hydrogen-bond donors (Lipinski definition) is 9. The summed E-state index contributed by atoms with van der Waals surface area (Å²) < 4.78 is 55.5. The molecule has 1 aliphatic heterocycles. The highest BCUT2D eigenvalue weighted by Gasteiger charge is 2.30. The van der Waals surface area contributed by atoms with E-state index in [0.29, 0.717) is 97.1 Å². The van der Waals surface area contributed by atoms with Crippen LogP contribution < -0.4 is 52.6 Å². The molecule has 0 aliphatic carbocycles. The number of carbonyl (C=O) groups excluding carboxylic acids is 9. The van der Waals surface area contributed by atoms with Crippen LogP contribution in [0.3, 0.4) is 0 Å². The van der Waals surface area contributed by atoms with Crippen LogP contribution in [-0.2, 0) is 87.6 Å². The third-order valence-electron chi connectivity index (χ3n) is 20.2. The molecule has 9 heterocycles. The maximum absolute atomic E-state index is 13.3. The Morgan fingerprint density at radius 1 is 0.545 bits per heavy atom. The van der Waals surface area contributed by atoms with Gasteiger partial charge in [0.1, 0.15) is 34.4 Å². The summed E-state index contributed by atoms with van der Waals surface area (Å²) in [5.74, 6) is -0.487. The minimum Gasteiger partial charge on any atom is -0.496 e. The molecule has 0 radical (unpaired) electrons. The maximum atomic E-state index is 13.3. The van der Waals surface area contributed by atoms with Gasteiger partial charge in [0.05, 0.1) is 126 Å². The summed E-state index contributed by atoms with van der Waals surface area (Å²) >= 11 is 0. The van der Waals surface area contributed by atoms with E-state index in [1.807, 2.05) is 27.1 Å². The lowest BCUT2D eigenvalue weighted by Gasteiger charge is -2.32. The third kappa shape index (κ3) is 26.6. The summed E-state index contributed by atoms with van der Waals surface area (Å²) in [5, 5.41) is 29.6. The van der Waals surface area contributed by atoms with Gasteiger partial charge >= 0.3 is 0 Å². The van der Waals surface area contributed by atoms with Crippen molar-refractivity contribution >= 4 is 104 Å². The van der Waals surface area contributed by atoms with Gasteiger partial charge in [-0.3, -0.25) is 48.1 Å². The number of amides is 9. The summed E-state index contributed by atoms with van der Waals surface area (Å²) in [6.07, 6.45) is 14.2. The van der Waals surface area contributed by atoms with Crippen molar-refractivity contribution in [2.24, 2.45) is 35.2 Å². The molecule has 9 N–H and O–H groups in total. The number of anilines is 5. The normalized spacial score (nSPS) is 12.8. The molecule has 10 rings (SSSR count). The number of piperidine rings is 1. The standard InChI is InChI=1S/C81H113N23O17/c1-52(51-114-10)104-73-58-45-63(115-11)59(72-53(2)96-121-54(72)3)44-60(58)87-46-61(73)90-74(104)55-18-28-103(29-19-55)31-33-117-35-37-119-39-41-120-40-38-118-36-34-116-32-20-68(106)83-22-13-27-97(4)26-12-21-82-67(105)16-23-86-79(111)76-93-65(49-101(76)8)92-71(109)17-24-85-78(110)62-42-56(47-99(62)6)88-81(113)77-94-64(50-102(77)9)91-69(107)14-15-70(108)95-66-43-57(48-100(66)7)89-80(112)75-84-25-30-98(75)5/h25,30,42-50,52,55H,12-24,26-29,31-41,51H2,1-11H3,(H,82,105)(H,83,106)(H,85,110)(H,86,111)(H,88,113)(H,89,112)(H,91,107)(H,92,109)(H,95,108)/t52-/m1/s1. The summed E-state index contributed by atoms with van der Waals surface area (Å²) in [5.41, 5.74) is 6.17. The number of aryl methyl sites for hydroxylation is 7. The van der Waals surface area contributed by atoms with Crippen molar-refractivity contribution in [3.63, 3.8) is 0 Å². The maximum Gasteiger partial charge on any atom is 0.291 e. The summed E-state index contributed by atoms with van der Waals surface area (Å²) in [6.45, 7) is 16.0. The average molecular weight is 1680 g/mol. The zero-order valence-corrected chi connectivity index (χ0v) is 70.7. The van der Waals surface area contributed by atoms with E-state index in [-0.39, 0.29) is 116 Å². The van der Waals surface area contributed by atoms with Crippen LogP contribution >= 0.6 is 0 Å². The molecule has 0 unspecified atom stereocenters. The lowest BCUT2D eigenvalue weighted by atomic mass is 9.95. The van der Waals surface area contributed by atoms with Crippen LogP contribution in [0.2, 0.25) is 0 Å². The Kier molecular flexibility index (Phi) is 34.5. The van der Waals surface area contributed by atoms with Crippen molar-refractivity contribution in [1.82, 2.24) is 88.5 Å². The number of pyridine rings is 1. The average Bonchev–Trinajstić information content (AvgIpc) is 1.56. The molecule has 121 heavy (non-hydrogen) atoms. The Morgan fingerprint density at radius 3 is 1.69 bits per heavy atom. The molecule has 654 valence electrons. The number of benzene rings is 1. The number of rotatable bonds is 50. The van der Waals surface area contributed by atoms with Gasteiger partial charge in [-0.05, 0) is 97.9 Å². The van der Waals surface area contributed by atoms with Gasteiger partial charge in [0, 0.05) is 167 Å². The van der Waals surface area contributed by atoms with Gasteiger partial charge in [0.25, 0.3) is 23.6 Å². The minimum absolute atomic E-state index is 0.000451. The topological polar surface area (TPSA) is 453 Å². The number of hydrogen-bond acceptors (Lipinski definition) is 25. The molecule has 40 heteroatoms. The van der Waals surface area contributed by atoms with E-state index in [0.717, 1.165) is 108 Å². The molecular weight excluding hydrogens is 1570 g/mol. The van der Waals surface area contributed by atoms with Crippen molar-refractivity contribution in [1.29, 1.82) is 0 Å². The first kappa shape index (κ1) is 91.5. The monoisotopic (exact) mass is 1680 g/mol. The van der Waals surface area contributed by atoms with Gasteiger partial charge in [-0.2, -0.15) is 0 Å². The number of nitrogens with one attached hydrogen (secondary N) is 9. The largest absolute Gasteiger partial charge is 0.496 e. The van der Waals surface area contributed by atoms with Gasteiger partial charge in [-0.25, -0.2) is 19.9 Å². The number of nitrogens with zero attached hydrogens (tertiary/aromatic N) is 14. The van der Waals surface area contributed by atoms with Crippen LogP contribution in [-0.4, -0.2) is 273 Å². The zero-order valence-electron chi connectivity index (χ0n) is 70.7. The Balaban J connectivity index is 0.484. The number of imidazole rings is 4. The fourth-order valence-corrected chi connectivity index (χ4v) is 13.9. The molecule has 1 aliphatic rings. The first-order valence-electron chi connectivity index (χ1n) is 40.4. The van der Waals surface area contributed by atoms with E-state index in [1.54, 1.807) is 77.1 Å². The fraction of sp³-hybridized carbons (Fsp3) is 0.519. The Bertz CT molecular complexity index is 4990. The highest BCUT2D eigenvalue weighted by molar-refractivity contribution is 6.07. The number of carbonyl (C=O) groups is 9. The van der Waals surface area contributed by atoms with Crippen molar-refractivity contribution in [3.05, 3.63) is 108 Å². The molecule has 0 bridgehead atoms. The van der Waals surface area contributed by atoms with E-state index in [4.69, 9.17) is 47.6 Å². The van der Waals surface area contributed by atoms with E-state index in [1.165, 1.54) is 44.6 Å². The number of fused-ring (bicyclic) bond motifs is 3. The van der Waals surface area contributed by atoms with Crippen LogP contribution in [0.1, 0.15) is 136 Å². The first-order chi connectivity index (χ1) is 58.3. The molecule has 8 aromatic heterocycles. The van der Waals surface area contributed by atoms with E-state index in [2.05, 4.69) is 101 Å². The first-order valence-corrected chi connectivity index (χ1v) is 40.4. The second-order valence-corrected chi connectivity index (χ2v) is 29.5. The summed E-state index contributed by atoms with van der Waals surface area (Å²) in [6, 6.07) is 7.17. The van der Waals surface area contributed by atoms with Gasteiger partial charge in [-0.15, -0.1) is 0 Å². The highest BCUT2D eigenvalue weighted by atomic mass is 16.6. The van der Waals surface area contributed by atoms with Crippen molar-refractivity contribution in [3.8, 4) is 16.9 Å². The van der Waals surface area contributed by atoms with Gasteiger partial charge in [0.15, 0.2) is 17.5 Å². The molecule has 1 fully saturated rings. The third-order valence-corrected chi connectivity index (χ3v) is 20.2. The van der Waals surface area contributed by atoms with E-state index in [9.17, 15) is 43.2 Å². The van der Waals surface area contributed by atoms with E-state index < -0.39 is 41.4 Å². The van der Waals surface area contributed by atoms with Crippen molar-refractivity contribution < 1.29 is 80.8 Å². The van der Waals surface area contributed by atoms with Crippen LogP contribution in [0.5, 0.6) is 5.75 Å². The van der Waals surface area contributed by atoms with Gasteiger partial charge in [0.2, 0.25) is 41.2 Å². The lowest BCUT2D eigenvalue weighted by Crippen LogP contribution is -2.36. The van der Waals surface area contributed by atoms with Crippen molar-refractivity contribution in [2.45, 2.75) is 90.5 Å². The second-order valence-electron chi connectivity index (χ2n) is 29.5. The number of methoxy groups -OCH3 is 2. The quantitative estimate of drug-likeness (QED) is 0.0227. The van der Waals surface area contributed by atoms with Gasteiger partial charge in [-0.1, -0.05) is 5.16 Å². The molecule has 40 nitrogen and oxygen atoms in total. The van der Waals surface area contributed by atoms with Crippen LogP contribution in [0.4, 0.5) is 28.8 Å². The van der Waals surface area contributed by atoms with Crippen LogP contribution in [0.15, 0.2) is 72.2 Å². The molecule has 1 atom stereocenters. The highest BCUT2D eigenvalue weighted by Crippen LogP contribution is 2.41. The molecule has 9 amide bonds. The molecule has 0 saturated carbocycles. The minimum atomic E-state index is -0.645. The zero-order chi connectivity index (χ0) is 86.5. The predicted octanol–water partition coefficient (Wildman–Crippen LogP) is 4.99. The number of aromatic nitrogens is 12. The number of ether oxygens (including phenoxy) is 7. The van der Waals surface area contributed by atoms with Crippen molar-refractivity contribution in [2.75, 3.05) is 179 Å². The molecule has 0 spiro atoms. The predicted molar refractivity (Wildman–Crippen MR) is 448 cm³/mol. The van der Waals surface area contributed by atoms with Gasteiger partial charge < -0.3 is 123 Å². The number of likely N-dealkylation sites (tertiary alicyclic amines) is 1. The Hall–Kier alpha value is -11.8. The Labute approximate surface area is 700 Å². The van der Waals surface area contributed by atoms with Crippen LogP contribution in [0.25, 0.3) is 33.1 Å². The summed E-state index contributed by atoms with van der Waals surface area (Å²) in [4.78, 5) is 143. The Morgan fingerprint density at radius 2 is 1.10 bits per heavy atom. The SMILES string of the molecule is COC[C@@H](C)n1c(C2CCN(CCOCCOCCOCCOCCOCCC(=O)NCCCN(C)CCCNC(=O)CCNC(=O)c3nc(NC(=O)CCNC(=O)c4cc(NC(=O)c5nc(NC(=O)CCC(=O)Nc6cc(NC(=O)c7nccn7C)cn6C)cn5C)cn4C)cn3C)CC2)nc2cnc3cc(-c4c(C)noc4C)c(OC)cc3c21. The fourth-order valence-electron chi connectivity index (χ4n) is 13.9. The lowest BCUT2D eigenvalue weighted by molar-refractivity contribution is -0.122. The molecule has 1 saturated heterocycles.